The van der Waals surface area contributed by atoms with E-state index in [4.69, 9.17) is 10.5 Å². The molecule has 0 bridgehead atoms. The van der Waals surface area contributed by atoms with Gasteiger partial charge in [-0.05, 0) is 38.3 Å². The van der Waals surface area contributed by atoms with Gasteiger partial charge in [0.1, 0.15) is 5.82 Å². The van der Waals surface area contributed by atoms with E-state index in [1.54, 1.807) is 6.07 Å². The second-order valence-electron chi connectivity index (χ2n) is 5.14. The standard InChI is InChI=1S/C15H23FN2O/c1-3-18(10-12-6-5-9-19-12)15-13(11(2)17)7-4-8-14(15)16/h4,7-8,11-12H,3,5-6,9-10,17H2,1-2H3/t11-,12?/m0/s1. The van der Waals surface area contributed by atoms with Crippen molar-refractivity contribution in [2.24, 2.45) is 5.73 Å². The maximum atomic E-state index is 14.2. The predicted molar refractivity (Wildman–Crippen MR) is 75.9 cm³/mol. The van der Waals surface area contributed by atoms with Crippen LogP contribution in [0.1, 0.15) is 38.3 Å². The van der Waals surface area contributed by atoms with Gasteiger partial charge in [-0.2, -0.15) is 0 Å². The summed E-state index contributed by atoms with van der Waals surface area (Å²) in [4.78, 5) is 2.05. The minimum atomic E-state index is -0.199. The second kappa shape index (κ2) is 6.35. The van der Waals surface area contributed by atoms with Crippen LogP contribution in [0.4, 0.5) is 10.1 Å². The lowest BCUT2D eigenvalue weighted by atomic mass is 10.0. The summed E-state index contributed by atoms with van der Waals surface area (Å²) in [6.45, 7) is 6.22. The van der Waals surface area contributed by atoms with Crippen molar-refractivity contribution in [3.05, 3.63) is 29.6 Å². The van der Waals surface area contributed by atoms with Crippen molar-refractivity contribution < 1.29 is 9.13 Å². The Bertz CT molecular complexity index is 417. The number of nitrogens with two attached hydrogens (primary N) is 1. The van der Waals surface area contributed by atoms with Crippen LogP contribution in [0.5, 0.6) is 0 Å². The van der Waals surface area contributed by atoms with Gasteiger partial charge in [-0.15, -0.1) is 0 Å². The summed E-state index contributed by atoms with van der Waals surface area (Å²) in [6, 6.07) is 4.95. The summed E-state index contributed by atoms with van der Waals surface area (Å²) in [5.74, 6) is -0.199. The van der Waals surface area contributed by atoms with Crippen LogP contribution in [0, 0.1) is 5.82 Å². The van der Waals surface area contributed by atoms with Crippen LogP contribution >= 0.6 is 0 Å². The Morgan fingerprint density at radius 3 is 2.89 bits per heavy atom. The van der Waals surface area contributed by atoms with E-state index in [-0.39, 0.29) is 18.0 Å². The summed E-state index contributed by atoms with van der Waals surface area (Å²) in [7, 11) is 0. The molecule has 1 aliphatic rings. The molecule has 1 unspecified atom stereocenters. The van der Waals surface area contributed by atoms with Gasteiger partial charge in [-0.1, -0.05) is 12.1 Å². The predicted octanol–water partition coefficient (Wildman–Crippen LogP) is 2.85. The molecular weight excluding hydrogens is 243 g/mol. The number of ether oxygens (including phenoxy) is 1. The lowest BCUT2D eigenvalue weighted by molar-refractivity contribution is 0.115. The van der Waals surface area contributed by atoms with Crippen LogP contribution in [0.15, 0.2) is 18.2 Å². The molecule has 3 nitrogen and oxygen atoms in total. The van der Waals surface area contributed by atoms with E-state index < -0.39 is 0 Å². The van der Waals surface area contributed by atoms with E-state index in [0.717, 1.165) is 38.1 Å². The average molecular weight is 266 g/mol. The highest BCUT2D eigenvalue weighted by Gasteiger charge is 2.22. The fraction of sp³-hybridized carbons (Fsp3) is 0.600. The van der Waals surface area contributed by atoms with Gasteiger partial charge >= 0.3 is 0 Å². The number of nitrogens with zero attached hydrogens (tertiary/aromatic N) is 1. The Labute approximate surface area is 114 Å². The molecular formula is C15H23FN2O. The lowest BCUT2D eigenvalue weighted by Crippen LogP contribution is -2.34. The lowest BCUT2D eigenvalue weighted by Gasteiger charge is -2.29. The zero-order valence-electron chi connectivity index (χ0n) is 11.7. The topological polar surface area (TPSA) is 38.5 Å². The van der Waals surface area contributed by atoms with Gasteiger partial charge < -0.3 is 15.4 Å². The highest BCUT2D eigenvalue weighted by Crippen LogP contribution is 2.29. The number of hydrogen-bond acceptors (Lipinski definition) is 3. The highest BCUT2D eigenvalue weighted by atomic mass is 19.1. The Balaban J connectivity index is 2.25. The van der Waals surface area contributed by atoms with Crippen molar-refractivity contribution in [2.45, 2.75) is 38.8 Å². The van der Waals surface area contributed by atoms with Gasteiger partial charge in [0.15, 0.2) is 0 Å². The molecule has 0 spiro atoms. The Morgan fingerprint density at radius 1 is 1.53 bits per heavy atom. The zero-order valence-corrected chi connectivity index (χ0v) is 11.7. The molecule has 0 saturated carbocycles. The summed E-state index contributed by atoms with van der Waals surface area (Å²) >= 11 is 0. The second-order valence-corrected chi connectivity index (χ2v) is 5.14. The first-order chi connectivity index (χ1) is 9.13. The summed E-state index contributed by atoms with van der Waals surface area (Å²) in [5, 5.41) is 0. The zero-order chi connectivity index (χ0) is 13.8. The molecule has 1 saturated heterocycles. The Hall–Kier alpha value is -1.13. The molecule has 106 valence electrons. The van der Waals surface area contributed by atoms with Gasteiger partial charge in [-0.25, -0.2) is 4.39 Å². The smallest absolute Gasteiger partial charge is 0.146 e. The van der Waals surface area contributed by atoms with Crippen LogP contribution in [-0.2, 0) is 4.74 Å². The third kappa shape index (κ3) is 3.25. The third-order valence-corrected chi connectivity index (χ3v) is 3.65. The first kappa shape index (κ1) is 14.3. The normalized spacial score (nSPS) is 20.5. The molecule has 0 aromatic heterocycles. The molecule has 1 fully saturated rings. The van der Waals surface area contributed by atoms with Crippen molar-refractivity contribution in [1.29, 1.82) is 0 Å². The maximum absolute atomic E-state index is 14.2. The Kier molecular flexibility index (Phi) is 4.77. The molecule has 2 N–H and O–H groups in total. The van der Waals surface area contributed by atoms with Crippen molar-refractivity contribution in [2.75, 3.05) is 24.6 Å². The van der Waals surface area contributed by atoms with Crippen molar-refractivity contribution in [3.8, 4) is 0 Å². The molecule has 19 heavy (non-hydrogen) atoms. The quantitative estimate of drug-likeness (QED) is 0.890. The van der Waals surface area contributed by atoms with E-state index in [1.165, 1.54) is 6.07 Å². The third-order valence-electron chi connectivity index (χ3n) is 3.65. The summed E-state index contributed by atoms with van der Waals surface area (Å²) < 4.78 is 19.8. The number of hydrogen-bond donors (Lipinski definition) is 1. The molecule has 0 radical (unpaired) electrons. The number of likely N-dealkylation sites (N-methyl/N-ethyl adjacent to an activating group) is 1. The number of benzene rings is 1. The van der Waals surface area contributed by atoms with Gasteiger partial charge in [0.05, 0.1) is 11.8 Å². The molecule has 0 aliphatic carbocycles. The molecule has 1 aliphatic heterocycles. The van der Waals surface area contributed by atoms with E-state index >= 15 is 0 Å². The number of halogens is 1. The van der Waals surface area contributed by atoms with Gasteiger partial charge in [0.25, 0.3) is 0 Å². The number of anilines is 1. The number of para-hydroxylation sites is 1. The Morgan fingerprint density at radius 2 is 2.32 bits per heavy atom. The minimum Gasteiger partial charge on any atom is -0.376 e. The fourth-order valence-corrected chi connectivity index (χ4v) is 2.65. The van der Waals surface area contributed by atoms with Gasteiger partial charge in [-0.3, -0.25) is 0 Å². The monoisotopic (exact) mass is 266 g/mol. The molecule has 1 heterocycles. The summed E-state index contributed by atoms with van der Waals surface area (Å²) in [5.41, 5.74) is 7.46. The van der Waals surface area contributed by atoms with Crippen LogP contribution in [0.3, 0.4) is 0 Å². The van der Waals surface area contributed by atoms with E-state index in [2.05, 4.69) is 0 Å². The van der Waals surface area contributed by atoms with Crippen LogP contribution in [0.2, 0.25) is 0 Å². The van der Waals surface area contributed by atoms with E-state index in [1.807, 2.05) is 24.8 Å². The van der Waals surface area contributed by atoms with Gasteiger partial charge in [0, 0.05) is 25.7 Å². The van der Waals surface area contributed by atoms with Crippen molar-refractivity contribution >= 4 is 5.69 Å². The minimum absolute atomic E-state index is 0.177. The maximum Gasteiger partial charge on any atom is 0.146 e. The number of rotatable bonds is 5. The van der Waals surface area contributed by atoms with Crippen LogP contribution in [-0.4, -0.2) is 25.8 Å². The first-order valence-electron chi connectivity index (χ1n) is 7.04. The largest absolute Gasteiger partial charge is 0.376 e. The molecule has 1 aromatic carbocycles. The van der Waals surface area contributed by atoms with Crippen molar-refractivity contribution in [3.63, 3.8) is 0 Å². The van der Waals surface area contributed by atoms with E-state index in [9.17, 15) is 4.39 Å². The summed E-state index contributed by atoms with van der Waals surface area (Å²) in [6.07, 6.45) is 2.36. The van der Waals surface area contributed by atoms with Crippen molar-refractivity contribution in [1.82, 2.24) is 0 Å². The average Bonchev–Trinajstić information content (AvgIpc) is 2.89. The molecule has 1 aromatic rings. The molecule has 0 amide bonds. The molecule has 4 heteroatoms. The first-order valence-corrected chi connectivity index (χ1v) is 7.04. The SMILES string of the molecule is CCN(CC1CCCO1)c1c(F)cccc1[C@H](C)N. The van der Waals surface area contributed by atoms with Crippen LogP contribution < -0.4 is 10.6 Å². The van der Waals surface area contributed by atoms with E-state index in [0.29, 0.717) is 5.69 Å². The fourth-order valence-electron chi connectivity index (χ4n) is 2.65. The molecule has 2 rings (SSSR count). The highest BCUT2D eigenvalue weighted by molar-refractivity contribution is 5.56. The van der Waals surface area contributed by atoms with Gasteiger partial charge in [0.2, 0.25) is 0 Å². The van der Waals surface area contributed by atoms with Crippen LogP contribution in [0.25, 0.3) is 0 Å². The molecule has 2 atom stereocenters.